The molecule has 0 saturated carbocycles. The summed E-state index contributed by atoms with van der Waals surface area (Å²) < 4.78 is 58.0. The van der Waals surface area contributed by atoms with Gasteiger partial charge in [0.05, 0.1) is 0 Å². The van der Waals surface area contributed by atoms with Gasteiger partial charge in [-0.15, -0.1) is 0 Å². The van der Waals surface area contributed by atoms with Crippen molar-refractivity contribution < 1.29 is 22.3 Å². The molecule has 0 aliphatic rings. The van der Waals surface area contributed by atoms with E-state index in [2.05, 4.69) is 0 Å². The van der Waals surface area contributed by atoms with Gasteiger partial charge in [0.15, 0.2) is 17.4 Å². The Balaban J connectivity index is 2.31. The molecule has 2 rings (SSSR count). The molecular weight excluding hydrogens is 262 g/mol. The number of rotatable bonds is 3. The summed E-state index contributed by atoms with van der Waals surface area (Å²) in [5.74, 6) is -7.74. The van der Waals surface area contributed by atoms with E-state index in [1.165, 1.54) is 0 Å². The van der Waals surface area contributed by atoms with Crippen LogP contribution in [0, 0.1) is 23.3 Å². The number of nitrogen functional groups attached to an aromatic ring is 1. The van der Waals surface area contributed by atoms with E-state index in [-0.39, 0.29) is 6.61 Å². The van der Waals surface area contributed by atoms with Crippen molar-refractivity contribution in [2.45, 2.75) is 6.61 Å². The number of halogens is 4. The van der Waals surface area contributed by atoms with Crippen molar-refractivity contribution in [2.24, 2.45) is 0 Å². The molecule has 0 unspecified atom stereocenters. The van der Waals surface area contributed by atoms with E-state index < -0.39 is 34.7 Å². The third-order valence-corrected chi connectivity index (χ3v) is 2.48. The third-order valence-electron chi connectivity index (χ3n) is 2.48. The Morgan fingerprint density at radius 3 is 1.89 bits per heavy atom. The van der Waals surface area contributed by atoms with Crippen molar-refractivity contribution in [2.75, 3.05) is 5.73 Å². The topological polar surface area (TPSA) is 35.2 Å². The van der Waals surface area contributed by atoms with E-state index in [0.29, 0.717) is 5.56 Å². The van der Waals surface area contributed by atoms with Crippen LogP contribution < -0.4 is 10.5 Å². The smallest absolute Gasteiger partial charge is 0.206 e. The van der Waals surface area contributed by atoms with Crippen molar-refractivity contribution in [3.63, 3.8) is 0 Å². The molecule has 2 aromatic rings. The molecule has 0 amide bonds. The summed E-state index contributed by atoms with van der Waals surface area (Å²) in [6.07, 6.45) is 0. The van der Waals surface area contributed by atoms with E-state index in [4.69, 9.17) is 10.5 Å². The normalized spacial score (nSPS) is 10.5. The second-order valence-electron chi connectivity index (χ2n) is 3.77. The first kappa shape index (κ1) is 13.2. The molecule has 0 aliphatic heterocycles. The van der Waals surface area contributed by atoms with E-state index >= 15 is 0 Å². The van der Waals surface area contributed by atoms with Gasteiger partial charge in [-0.3, -0.25) is 0 Å². The van der Waals surface area contributed by atoms with Gasteiger partial charge < -0.3 is 10.5 Å². The summed E-state index contributed by atoms with van der Waals surface area (Å²) in [4.78, 5) is 0. The third kappa shape index (κ3) is 2.47. The molecule has 100 valence electrons. The Hall–Kier alpha value is -2.24. The van der Waals surface area contributed by atoms with Crippen molar-refractivity contribution >= 4 is 5.69 Å². The quantitative estimate of drug-likeness (QED) is 0.527. The monoisotopic (exact) mass is 271 g/mol. The summed E-state index contributed by atoms with van der Waals surface area (Å²) in [7, 11) is 0. The predicted molar refractivity (Wildman–Crippen MR) is 61.5 cm³/mol. The maximum atomic E-state index is 13.4. The number of hydrogen-bond acceptors (Lipinski definition) is 2. The molecule has 0 heterocycles. The van der Waals surface area contributed by atoms with Crippen LogP contribution in [0.3, 0.4) is 0 Å². The fourth-order valence-electron chi connectivity index (χ4n) is 1.48. The van der Waals surface area contributed by atoms with E-state index in [1.54, 1.807) is 30.3 Å². The van der Waals surface area contributed by atoms with Crippen LogP contribution in [-0.4, -0.2) is 0 Å². The molecule has 2 nitrogen and oxygen atoms in total. The van der Waals surface area contributed by atoms with Gasteiger partial charge in [0.25, 0.3) is 0 Å². The van der Waals surface area contributed by atoms with Crippen LogP contribution in [0.2, 0.25) is 0 Å². The van der Waals surface area contributed by atoms with E-state index in [1.807, 2.05) is 0 Å². The molecule has 0 saturated heterocycles. The Kier molecular flexibility index (Phi) is 3.59. The summed E-state index contributed by atoms with van der Waals surface area (Å²) in [5.41, 5.74) is 4.26. The minimum Gasteiger partial charge on any atom is -0.483 e. The zero-order chi connectivity index (χ0) is 14.0. The number of nitrogens with two attached hydrogens (primary N) is 1. The highest BCUT2D eigenvalue weighted by Gasteiger charge is 2.25. The van der Waals surface area contributed by atoms with Crippen LogP contribution in [0.15, 0.2) is 30.3 Å². The second-order valence-corrected chi connectivity index (χ2v) is 3.77. The van der Waals surface area contributed by atoms with E-state index in [9.17, 15) is 17.6 Å². The maximum Gasteiger partial charge on any atom is 0.206 e. The molecule has 0 spiro atoms. The van der Waals surface area contributed by atoms with Crippen molar-refractivity contribution in [3.8, 4) is 5.75 Å². The molecule has 0 bridgehead atoms. The average molecular weight is 271 g/mol. The lowest BCUT2D eigenvalue weighted by Crippen LogP contribution is -2.07. The Morgan fingerprint density at radius 2 is 1.37 bits per heavy atom. The molecule has 0 aromatic heterocycles. The van der Waals surface area contributed by atoms with Crippen LogP contribution >= 0.6 is 0 Å². The van der Waals surface area contributed by atoms with Gasteiger partial charge in [-0.05, 0) is 5.56 Å². The fraction of sp³-hybridized carbons (Fsp3) is 0.0769. The molecular formula is C13H9F4NO. The largest absolute Gasteiger partial charge is 0.483 e. The Morgan fingerprint density at radius 1 is 0.842 bits per heavy atom. The van der Waals surface area contributed by atoms with Gasteiger partial charge in [-0.1, -0.05) is 30.3 Å². The molecule has 0 fully saturated rings. The minimum atomic E-state index is -1.66. The van der Waals surface area contributed by atoms with Gasteiger partial charge in [0.1, 0.15) is 12.3 Å². The van der Waals surface area contributed by atoms with Crippen LogP contribution in [-0.2, 0) is 6.61 Å². The lowest BCUT2D eigenvalue weighted by atomic mass is 10.2. The molecule has 0 radical (unpaired) electrons. The summed E-state index contributed by atoms with van der Waals surface area (Å²) >= 11 is 0. The number of anilines is 1. The molecule has 19 heavy (non-hydrogen) atoms. The van der Waals surface area contributed by atoms with Crippen molar-refractivity contribution in [1.82, 2.24) is 0 Å². The van der Waals surface area contributed by atoms with E-state index in [0.717, 1.165) is 0 Å². The zero-order valence-corrected chi connectivity index (χ0v) is 9.59. The maximum absolute atomic E-state index is 13.4. The van der Waals surface area contributed by atoms with Gasteiger partial charge >= 0.3 is 0 Å². The van der Waals surface area contributed by atoms with Gasteiger partial charge in [0.2, 0.25) is 11.6 Å². The van der Waals surface area contributed by atoms with Crippen LogP contribution in [0.5, 0.6) is 5.75 Å². The first-order valence-electron chi connectivity index (χ1n) is 5.30. The summed E-state index contributed by atoms with van der Waals surface area (Å²) in [5, 5.41) is 0. The number of hydrogen-bond donors (Lipinski definition) is 1. The summed E-state index contributed by atoms with van der Waals surface area (Å²) in [6.45, 7) is -0.225. The lowest BCUT2D eigenvalue weighted by Gasteiger charge is -2.11. The first-order chi connectivity index (χ1) is 9.02. The van der Waals surface area contributed by atoms with Crippen LogP contribution in [0.4, 0.5) is 23.2 Å². The molecule has 2 aromatic carbocycles. The van der Waals surface area contributed by atoms with Gasteiger partial charge in [0, 0.05) is 0 Å². The lowest BCUT2D eigenvalue weighted by molar-refractivity contribution is 0.262. The Bertz CT molecular complexity index is 572. The molecule has 2 N–H and O–H groups in total. The SMILES string of the molecule is Nc1c(F)c(F)c(OCc2ccccc2)c(F)c1F. The highest BCUT2D eigenvalue weighted by molar-refractivity contribution is 5.47. The predicted octanol–water partition coefficient (Wildman–Crippen LogP) is 3.40. The highest BCUT2D eigenvalue weighted by Crippen LogP contribution is 2.31. The molecule has 0 atom stereocenters. The minimum absolute atomic E-state index is 0.225. The molecule has 6 heteroatoms. The Labute approximate surface area is 106 Å². The zero-order valence-electron chi connectivity index (χ0n) is 9.59. The van der Waals surface area contributed by atoms with Crippen molar-refractivity contribution in [3.05, 3.63) is 59.2 Å². The average Bonchev–Trinajstić information content (AvgIpc) is 2.44. The number of ether oxygens (including phenoxy) is 1. The van der Waals surface area contributed by atoms with Gasteiger partial charge in [-0.2, -0.15) is 8.78 Å². The molecule has 0 aliphatic carbocycles. The number of benzene rings is 2. The highest BCUT2D eigenvalue weighted by atomic mass is 19.2. The van der Waals surface area contributed by atoms with Crippen molar-refractivity contribution in [1.29, 1.82) is 0 Å². The fourth-order valence-corrected chi connectivity index (χ4v) is 1.48. The standard InChI is InChI=1S/C13H9F4NO/c14-8-10(16)13(11(17)9(15)12(8)18)19-6-7-4-2-1-3-5-7/h1-5H,6,18H2. The summed E-state index contributed by atoms with van der Waals surface area (Å²) in [6, 6.07) is 8.40. The van der Waals surface area contributed by atoms with Crippen LogP contribution in [0.25, 0.3) is 0 Å². The van der Waals surface area contributed by atoms with Crippen LogP contribution in [0.1, 0.15) is 5.56 Å². The van der Waals surface area contributed by atoms with Gasteiger partial charge in [-0.25, -0.2) is 8.78 Å². The second kappa shape index (κ2) is 5.17. The first-order valence-corrected chi connectivity index (χ1v) is 5.30.